The highest BCUT2D eigenvalue weighted by molar-refractivity contribution is 5.36. The fraction of sp³-hybridized carbons (Fsp3) is 0.875. The number of carbonyl (C=O) groups is 1. The molecule has 0 saturated carbocycles. The quantitative estimate of drug-likeness (QED) is 0.559. The van der Waals surface area contributed by atoms with E-state index in [0.29, 0.717) is 19.0 Å². The summed E-state index contributed by atoms with van der Waals surface area (Å²) >= 11 is 0. The van der Waals surface area contributed by atoms with E-state index in [2.05, 4.69) is 11.9 Å². The molecule has 0 radical (unpaired) electrons. The number of carbonyl (C=O) groups excluding carboxylic acids is 1. The summed E-state index contributed by atoms with van der Waals surface area (Å²) in [6.45, 7) is 3.37. The molecule has 0 aromatic carbocycles. The van der Waals surface area contributed by atoms with Crippen molar-refractivity contribution < 1.29 is 9.53 Å². The van der Waals surface area contributed by atoms with Gasteiger partial charge in [-0.1, -0.05) is 0 Å². The summed E-state index contributed by atoms with van der Waals surface area (Å²) in [6.07, 6.45) is 2.42. The summed E-state index contributed by atoms with van der Waals surface area (Å²) in [7, 11) is 2.10. The number of nitrogens with zero attached hydrogens (tertiary/aromatic N) is 1. The molecule has 1 saturated heterocycles. The van der Waals surface area contributed by atoms with Gasteiger partial charge in [0, 0.05) is 12.5 Å². The Hall–Kier alpha value is -0.570. The molecule has 1 aliphatic heterocycles. The lowest BCUT2D eigenvalue weighted by Crippen LogP contribution is -2.34. The summed E-state index contributed by atoms with van der Waals surface area (Å²) in [5.41, 5.74) is 0. The van der Waals surface area contributed by atoms with Gasteiger partial charge in [0.2, 0.25) is 0 Å². The SMILES string of the molecule is CN1CCCC(COC=O)C1. The maximum atomic E-state index is 9.89. The summed E-state index contributed by atoms with van der Waals surface area (Å²) in [6, 6.07) is 0. The minimum absolute atomic E-state index is 0.536. The number of hydrogen-bond donors (Lipinski definition) is 0. The number of hydrogen-bond acceptors (Lipinski definition) is 3. The van der Waals surface area contributed by atoms with Crippen LogP contribution in [-0.4, -0.2) is 38.1 Å². The molecule has 3 heteroatoms. The Morgan fingerprint density at radius 2 is 2.55 bits per heavy atom. The maximum Gasteiger partial charge on any atom is 0.293 e. The zero-order chi connectivity index (χ0) is 8.10. The van der Waals surface area contributed by atoms with Crippen molar-refractivity contribution >= 4 is 6.47 Å². The average molecular weight is 157 g/mol. The van der Waals surface area contributed by atoms with E-state index in [-0.39, 0.29) is 0 Å². The van der Waals surface area contributed by atoms with E-state index in [0.717, 1.165) is 6.54 Å². The number of likely N-dealkylation sites (tertiary alicyclic amines) is 1. The van der Waals surface area contributed by atoms with Crippen molar-refractivity contribution in [2.45, 2.75) is 12.8 Å². The molecule has 3 nitrogen and oxygen atoms in total. The summed E-state index contributed by atoms with van der Waals surface area (Å²) in [5, 5.41) is 0. The van der Waals surface area contributed by atoms with Crippen LogP contribution in [0.1, 0.15) is 12.8 Å². The van der Waals surface area contributed by atoms with Gasteiger partial charge in [-0.15, -0.1) is 0 Å². The van der Waals surface area contributed by atoms with Crippen LogP contribution < -0.4 is 0 Å². The zero-order valence-corrected chi connectivity index (χ0v) is 6.95. The predicted octanol–water partition coefficient (Wildman–Crippen LogP) is 0.501. The van der Waals surface area contributed by atoms with Gasteiger partial charge >= 0.3 is 0 Å². The molecule has 0 spiro atoms. The molecule has 1 atom stereocenters. The highest BCUT2D eigenvalue weighted by Crippen LogP contribution is 2.14. The largest absolute Gasteiger partial charge is 0.468 e. The molecule has 11 heavy (non-hydrogen) atoms. The van der Waals surface area contributed by atoms with Crippen LogP contribution in [0.25, 0.3) is 0 Å². The van der Waals surface area contributed by atoms with Crippen LogP contribution in [-0.2, 0) is 9.53 Å². The highest BCUT2D eigenvalue weighted by atomic mass is 16.5. The number of ether oxygens (including phenoxy) is 1. The summed E-state index contributed by atoms with van der Waals surface area (Å²) in [4.78, 5) is 12.2. The first kappa shape index (κ1) is 8.53. The van der Waals surface area contributed by atoms with Gasteiger partial charge in [0.05, 0.1) is 6.61 Å². The zero-order valence-electron chi connectivity index (χ0n) is 6.95. The van der Waals surface area contributed by atoms with E-state index in [4.69, 9.17) is 4.74 Å². The van der Waals surface area contributed by atoms with Crippen LogP contribution >= 0.6 is 0 Å². The van der Waals surface area contributed by atoms with Crippen LogP contribution in [0.4, 0.5) is 0 Å². The molecule has 1 aliphatic rings. The fourth-order valence-electron chi connectivity index (χ4n) is 1.58. The minimum atomic E-state index is 0.536. The average Bonchev–Trinajstić information content (AvgIpc) is 2.01. The smallest absolute Gasteiger partial charge is 0.293 e. The molecule has 1 fully saturated rings. The van der Waals surface area contributed by atoms with Gasteiger partial charge in [-0.3, -0.25) is 4.79 Å². The van der Waals surface area contributed by atoms with Crippen LogP contribution in [0.2, 0.25) is 0 Å². The van der Waals surface area contributed by atoms with E-state index in [1.165, 1.54) is 19.4 Å². The third kappa shape index (κ3) is 2.89. The fourth-order valence-corrected chi connectivity index (χ4v) is 1.58. The van der Waals surface area contributed by atoms with Crippen LogP contribution in [0.3, 0.4) is 0 Å². The standard InChI is InChI=1S/C8H15NO2/c1-9-4-2-3-8(5-9)6-11-7-10/h7-8H,2-6H2,1H3. The van der Waals surface area contributed by atoms with Gasteiger partial charge < -0.3 is 9.64 Å². The van der Waals surface area contributed by atoms with Gasteiger partial charge in [0.15, 0.2) is 0 Å². The Bertz CT molecular complexity index is 127. The molecule has 0 aromatic rings. The number of piperidine rings is 1. The first-order valence-corrected chi connectivity index (χ1v) is 4.06. The monoisotopic (exact) mass is 157 g/mol. The molecule has 0 bridgehead atoms. The lowest BCUT2D eigenvalue weighted by molar-refractivity contribution is -0.130. The van der Waals surface area contributed by atoms with Crippen molar-refractivity contribution in [2.75, 3.05) is 26.7 Å². The first-order chi connectivity index (χ1) is 5.33. The van der Waals surface area contributed by atoms with Crippen LogP contribution in [0, 0.1) is 5.92 Å². The van der Waals surface area contributed by atoms with Crippen molar-refractivity contribution in [3.05, 3.63) is 0 Å². The second kappa shape index (κ2) is 4.34. The molecule has 0 amide bonds. The van der Waals surface area contributed by atoms with E-state index >= 15 is 0 Å². The molecular formula is C8H15NO2. The molecule has 0 aliphatic carbocycles. The van der Waals surface area contributed by atoms with Crippen LogP contribution in [0.5, 0.6) is 0 Å². The number of rotatable bonds is 3. The minimum Gasteiger partial charge on any atom is -0.468 e. The third-order valence-corrected chi connectivity index (χ3v) is 2.12. The first-order valence-electron chi connectivity index (χ1n) is 4.06. The van der Waals surface area contributed by atoms with Crippen molar-refractivity contribution in [2.24, 2.45) is 5.92 Å². The maximum absolute atomic E-state index is 9.89. The Morgan fingerprint density at radius 1 is 1.73 bits per heavy atom. The molecule has 0 aromatic heterocycles. The Morgan fingerprint density at radius 3 is 3.18 bits per heavy atom. The lowest BCUT2D eigenvalue weighted by Gasteiger charge is -2.28. The van der Waals surface area contributed by atoms with Gasteiger partial charge in [-0.2, -0.15) is 0 Å². The second-order valence-corrected chi connectivity index (χ2v) is 3.20. The van der Waals surface area contributed by atoms with E-state index in [1.54, 1.807) is 0 Å². The van der Waals surface area contributed by atoms with Gasteiger partial charge in [-0.05, 0) is 26.4 Å². The molecule has 0 N–H and O–H groups in total. The van der Waals surface area contributed by atoms with Crippen molar-refractivity contribution in [1.29, 1.82) is 0 Å². The van der Waals surface area contributed by atoms with Crippen molar-refractivity contribution in [3.8, 4) is 0 Å². The molecule has 1 unspecified atom stereocenters. The van der Waals surface area contributed by atoms with Crippen LogP contribution in [0.15, 0.2) is 0 Å². The van der Waals surface area contributed by atoms with Gasteiger partial charge in [-0.25, -0.2) is 0 Å². The topological polar surface area (TPSA) is 29.5 Å². The summed E-state index contributed by atoms with van der Waals surface area (Å²) < 4.78 is 4.71. The summed E-state index contributed by atoms with van der Waals surface area (Å²) in [5.74, 6) is 0.555. The third-order valence-electron chi connectivity index (χ3n) is 2.12. The van der Waals surface area contributed by atoms with E-state index in [1.807, 2.05) is 0 Å². The Balaban J connectivity index is 2.17. The van der Waals surface area contributed by atoms with Crippen molar-refractivity contribution in [3.63, 3.8) is 0 Å². The normalized spacial score (nSPS) is 26.5. The molecule has 1 heterocycles. The van der Waals surface area contributed by atoms with E-state index in [9.17, 15) is 4.79 Å². The van der Waals surface area contributed by atoms with E-state index < -0.39 is 0 Å². The lowest BCUT2D eigenvalue weighted by atomic mass is 10.00. The molecular weight excluding hydrogens is 142 g/mol. The molecule has 1 rings (SSSR count). The molecule has 64 valence electrons. The highest BCUT2D eigenvalue weighted by Gasteiger charge is 2.16. The Labute approximate surface area is 67.3 Å². The van der Waals surface area contributed by atoms with Gasteiger partial charge in [0.25, 0.3) is 6.47 Å². The predicted molar refractivity (Wildman–Crippen MR) is 42.2 cm³/mol. The van der Waals surface area contributed by atoms with Gasteiger partial charge in [0.1, 0.15) is 0 Å². The Kier molecular flexibility index (Phi) is 3.36. The van der Waals surface area contributed by atoms with Crippen molar-refractivity contribution in [1.82, 2.24) is 4.90 Å². The second-order valence-electron chi connectivity index (χ2n) is 3.20.